The lowest BCUT2D eigenvalue weighted by Crippen LogP contribution is -2.48. The molecular weight excluding hydrogens is 334 g/mol. The van der Waals surface area contributed by atoms with Gasteiger partial charge in [0, 0.05) is 31.9 Å². The number of carbonyl (C=O) groups excluding carboxylic acids is 1. The molecule has 0 amide bonds. The lowest BCUT2D eigenvalue weighted by Gasteiger charge is -2.43. The molecule has 5 heteroatoms. The van der Waals surface area contributed by atoms with Crippen molar-refractivity contribution in [2.24, 2.45) is 0 Å². The third-order valence-corrected chi connectivity index (χ3v) is 5.16. The van der Waals surface area contributed by atoms with Crippen molar-refractivity contribution >= 4 is 24.0 Å². The van der Waals surface area contributed by atoms with Crippen molar-refractivity contribution in [2.45, 2.75) is 31.6 Å². The molecule has 130 valence electrons. The van der Waals surface area contributed by atoms with E-state index >= 15 is 0 Å². The summed E-state index contributed by atoms with van der Waals surface area (Å²) in [7, 11) is 0. The van der Waals surface area contributed by atoms with Gasteiger partial charge in [0.1, 0.15) is 11.6 Å². The van der Waals surface area contributed by atoms with Crippen LogP contribution in [0.2, 0.25) is 0 Å². The number of aryl methyl sites for hydroxylation is 1. The van der Waals surface area contributed by atoms with Crippen LogP contribution in [0.5, 0.6) is 0 Å². The minimum absolute atomic E-state index is 0. The predicted molar refractivity (Wildman–Crippen MR) is 101 cm³/mol. The Morgan fingerprint density at radius 2 is 1.72 bits per heavy atom. The Bertz CT molecular complexity index is 766. The highest BCUT2D eigenvalue weighted by Gasteiger charge is 2.30. The number of para-hydroxylation sites is 1. The van der Waals surface area contributed by atoms with Crippen LogP contribution in [0.15, 0.2) is 54.5 Å². The molecule has 0 aliphatic carbocycles. The maximum Gasteiger partial charge on any atom is 0.147 e. The van der Waals surface area contributed by atoms with Crippen LogP contribution in [-0.2, 0) is 11.2 Å². The average Bonchev–Trinajstić information content (AvgIpc) is 2.68. The molecule has 1 aromatic heterocycles. The number of hydrazine groups is 1. The van der Waals surface area contributed by atoms with Crippen LogP contribution < -0.4 is 5.01 Å². The van der Waals surface area contributed by atoms with Gasteiger partial charge in [0.05, 0.1) is 5.69 Å². The van der Waals surface area contributed by atoms with Gasteiger partial charge >= 0.3 is 0 Å². The van der Waals surface area contributed by atoms with Crippen molar-refractivity contribution in [3.8, 4) is 0 Å². The van der Waals surface area contributed by atoms with Crippen LogP contribution in [0, 0.1) is 0 Å². The largest absolute Gasteiger partial charge is 0.267 e. The van der Waals surface area contributed by atoms with Crippen molar-refractivity contribution in [3.63, 3.8) is 0 Å². The molecule has 25 heavy (non-hydrogen) atoms. The molecule has 0 spiro atoms. The van der Waals surface area contributed by atoms with E-state index in [1.807, 2.05) is 18.5 Å². The van der Waals surface area contributed by atoms with Crippen LogP contribution >= 0.6 is 12.4 Å². The molecule has 1 aromatic carbocycles. The Balaban J connectivity index is 0.00000182. The summed E-state index contributed by atoms with van der Waals surface area (Å²) in [5, 5.41) is 4.44. The topological polar surface area (TPSA) is 36.4 Å². The van der Waals surface area contributed by atoms with Crippen molar-refractivity contribution in [2.75, 3.05) is 18.1 Å². The maximum absolute atomic E-state index is 11.5. The first-order valence-electron chi connectivity index (χ1n) is 8.63. The van der Waals surface area contributed by atoms with Gasteiger partial charge in [-0.05, 0) is 54.5 Å². The van der Waals surface area contributed by atoms with E-state index in [1.54, 1.807) is 0 Å². The molecular formula is C20H22ClN3O. The second-order valence-corrected chi connectivity index (χ2v) is 6.50. The molecule has 0 radical (unpaired) electrons. The van der Waals surface area contributed by atoms with Crippen LogP contribution in [-0.4, -0.2) is 29.0 Å². The van der Waals surface area contributed by atoms with Crippen LogP contribution in [0.3, 0.4) is 0 Å². The Labute approximate surface area is 154 Å². The number of aromatic nitrogens is 1. The number of nitrogens with zero attached hydrogens (tertiary/aromatic N) is 3. The van der Waals surface area contributed by atoms with Gasteiger partial charge in [-0.3, -0.25) is 9.99 Å². The van der Waals surface area contributed by atoms with E-state index in [-0.39, 0.29) is 12.4 Å². The van der Waals surface area contributed by atoms with Gasteiger partial charge in [0.2, 0.25) is 0 Å². The van der Waals surface area contributed by atoms with E-state index in [9.17, 15) is 4.79 Å². The van der Waals surface area contributed by atoms with Crippen molar-refractivity contribution in [3.05, 3.63) is 65.6 Å². The highest BCUT2D eigenvalue weighted by molar-refractivity contribution is 5.85. The molecule has 2 aliphatic rings. The third kappa shape index (κ3) is 3.47. The van der Waals surface area contributed by atoms with Crippen molar-refractivity contribution < 1.29 is 4.79 Å². The van der Waals surface area contributed by atoms with Gasteiger partial charge in [0.15, 0.2) is 0 Å². The first-order valence-corrected chi connectivity index (χ1v) is 8.63. The van der Waals surface area contributed by atoms with E-state index in [1.165, 1.54) is 11.1 Å². The minimum Gasteiger partial charge on any atom is -0.267 e. The fraction of sp³-hybridized carbons (Fsp3) is 0.350. The van der Waals surface area contributed by atoms with E-state index in [0.717, 1.165) is 50.2 Å². The van der Waals surface area contributed by atoms with E-state index in [0.29, 0.717) is 5.92 Å². The normalized spacial score (nSPS) is 18.2. The fourth-order valence-electron chi connectivity index (χ4n) is 3.89. The van der Waals surface area contributed by atoms with Gasteiger partial charge < -0.3 is 0 Å². The van der Waals surface area contributed by atoms with Crippen molar-refractivity contribution in [1.29, 1.82) is 0 Å². The first-order chi connectivity index (χ1) is 11.9. The maximum atomic E-state index is 11.5. The zero-order valence-electron chi connectivity index (χ0n) is 14.1. The molecule has 3 heterocycles. The van der Waals surface area contributed by atoms with Gasteiger partial charge in [-0.15, -0.1) is 12.4 Å². The summed E-state index contributed by atoms with van der Waals surface area (Å²) >= 11 is 0. The number of rotatable bonds is 2. The second kappa shape index (κ2) is 7.83. The van der Waals surface area contributed by atoms with Gasteiger partial charge in [-0.25, -0.2) is 9.80 Å². The zero-order chi connectivity index (χ0) is 16.4. The molecule has 1 saturated heterocycles. The highest BCUT2D eigenvalue weighted by Crippen LogP contribution is 2.36. The van der Waals surface area contributed by atoms with E-state index in [4.69, 9.17) is 0 Å². The summed E-state index contributed by atoms with van der Waals surface area (Å²) < 4.78 is 0. The Kier molecular flexibility index (Phi) is 5.54. The van der Waals surface area contributed by atoms with E-state index in [2.05, 4.69) is 51.3 Å². The SMILES string of the molecule is Cl.O=C=C1CCc2ccccc2N1N1CCC(c2ccncc2)CC1. The van der Waals surface area contributed by atoms with Gasteiger partial charge in [-0.2, -0.15) is 0 Å². The summed E-state index contributed by atoms with van der Waals surface area (Å²) in [6.45, 7) is 1.90. The number of hydrogen-bond acceptors (Lipinski definition) is 4. The Morgan fingerprint density at radius 3 is 2.44 bits per heavy atom. The summed E-state index contributed by atoms with van der Waals surface area (Å²) in [6, 6.07) is 12.6. The summed E-state index contributed by atoms with van der Waals surface area (Å²) in [5.74, 6) is 2.75. The zero-order valence-corrected chi connectivity index (χ0v) is 14.9. The lowest BCUT2D eigenvalue weighted by atomic mass is 9.90. The molecule has 2 aliphatic heterocycles. The quantitative estimate of drug-likeness (QED) is 0.768. The molecule has 0 atom stereocenters. The summed E-state index contributed by atoms with van der Waals surface area (Å²) in [6.07, 6.45) is 7.62. The van der Waals surface area contributed by atoms with E-state index < -0.39 is 0 Å². The number of pyridine rings is 1. The minimum atomic E-state index is 0. The number of hydrogen-bond donors (Lipinski definition) is 0. The lowest BCUT2D eigenvalue weighted by molar-refractivity contribution is 0.203. The molecule has 1 fully saturated rings. The van der Waals surface area contributed by atoms with Crippen LogP contribution in [0.25, 0.3) is 0 Å². The number of allylic oxidation sites excluding steroid dienone is 1. The molecule has 4 rings (SSSR count). The second-order valence-electron chi connectivity index (χ2n) is 6.50. The fourth-order valence-corrected chi connectivity index (χ4v) is 3.89. The van der Waals surface area contributed by atoms with Gasteiger partial charge in [-0.1, -0.05) is 18.2 Å². The number of anilines is 1. The standard InChI is InChI=1S/C20H21N3O.ClH/c24-15-19-6-5-18-3-1-2-4-20(18)23(19)22-13-9-17(10-14-22)16-7-11-21-12-8-16;/h1-4,7-8,11-12,17H,5-6,9-10,13-14H2;1H. The number of benzene rings is 1. The van der Waals surface area contributed by atoms with Gasteiger partial charge in [0.25, 0.3) is 0 Å². The molecule has 0 N–H and O–H groups in total. The van der Waals surface area contributed by atoms with Crippen molar-refractivity contribution in [1.82, 2.24) is 9.99 Å². The number of fused-ring (bicyclic) bond motifs is 1. The summed E-state index contributed by atoms with van der Waals surface area (Å²) in [4.78, 5) is 15.6. The summed E-state index contributed by atoms with van der Waals surface area (Å²) in [5.41, 5.74) is 4.59. The average molecular weight is 356 g/mol. The molecule has 0 saturated carbocycles. The molecule has 2 aromatic rings. The molecule has 0 unspecified atom stereocenters. The Hall–Kier alpha value is -2.13. The van der Waals surface area contributed by atoms with Crippen LogP contribution in [0.1, 0.15) is 36.3 Å². The molecule has 0 bridgehead atoms. The number of halogens is 1. The molecule has 4 nitrogen and oxygen atoms in total. The first kappa shape index (κ1) is 17.7. The van der Waals surface area contributed by atoms with Crippen LogP contribution in [0.4, 0.5) is 5.69 Å². The predicted octanol–water partition coefficient (Wildman–Crippen LogP) is 3.77. The third-order valence-electron chi connectivity index (χ3n) is 5.16. The number of piperidine rings is 1. The monoisotopic (exact) mass is 355 g/mol. The Morgan fingerprint density at radius 1 is 1.00 bits per heavy atom. The smallest absolute Gasteiger partial charge is 0.147 e. The highest BCUT2D eigenvalue weighted by atomic mass is 35.5.